The van der Waals surface area contributed by atoms with E-state index in [9.17, 15) is 0 Å². The third kappa shape index (κ3) is 3.83. The number of aryl methyl sites for hydroxylation is 1. The van der Waals surface area contributed by atoms with Crippen LogP contribution in [0.4, 0.5) is 0 Å². The summed E-state index contributed by atoms with van der Waals surface area (Å²) < 4.78 is 0. The van der Waals surface area contributed by atoms with E-state index < -0.39 is 0 Å². The van der Waals surface area contributed by atoms with Gasteiger partial charge in [0.05, 0.1) is 11.7 Å². The minimum Gasteiger partial charge on any atom is -0.246 e. The second-order valence-corrected chi connectivity index (χ2v) is 4.99. The maximum absolute atomic E-state index is 4.29. The van der Waals surface area contributed by atoms with Gasteiger partial charge in [-0.15, -0.1) is 0 Å². The zero-order chi connectivity index (χ0) is 12.6. The SMILES string of the molecule is CCCCCCCCc1ccc2cc[c]nc2c1. The molecule has 2 rings (SSSR count). The van der Waals surface area contributed by atoms with E-state index in [1.807, 2.05) is 6.07 Å². The van der Waals surface area contributed by atoms with Gasteiger partial charge in [-0.3, -0.25) is 0 Å². The number of fused-ring (bicyclic) bond motifs is 1. The quantitative estimate of drug-likeness (QED) is 0.625. The summed E-state index contributed by atoms with van der Waals surface area (Å²) >= 11 is 0. The molecular formula is C17H22N. The highest BCUT2D eigenvalue weighted by molar-refractivity contribution is 5.78. The predicted molar refractivity (Wildman–Crippen MR) is 77.7 cm³/mol. The van der Waals surface area contributed by atoms with E-state index in [0.717, 1.165) is 5.52 Å². The third-order valence-electron chi connectivity index (χ3n) is 3.44. The summed E-state index contributed by atoms with van der Waals surface area (Å²) in [6.07, 6.45) is 12.2. The number of hydrogen-bond acceptors (Lipinski definition) is 1. The lowest BCUT2D eigenvalue weighted by Crippen LogP contribution is -1.87. The molecule has 1 aromatic heterocycles. The fourth-order valence-corrected chi connectivity index (χ4v) is 2.33. The molecule has 0 atom stereocenters. The lowest BCUT2D eigenvalue weighted by molar-refractivity contribution is 0.607. The average Bonchev–Trinajstić information content (AvgIpc) is 2.42. The number of unbranched alkanes of at least 4 members (excludes halogenated alkanes) is 5. The third-order valence-corrected chi connectivity index (χ3v) is 3.44. The number of aromatic nitrogens is 1. The molecule has 0 aliphatic heterocycles. The smallest absolute Gasteiger partial charge is 0.0894 e. The van der Waals surface area contributed by atoms with Gasteiger partial charge in [0.1, 0.15) is 0 Å². The van der Waals surface area contributed by atoms with Gasteiger partial charge in [0.25, 0.3) is 0 Å². The molecular weight excluding hydrogens is 218 g/mol. The number of rotatable bonds is 7. The number of pyridine rings is 1. The maximum atomic E-state index is 4.29. The highest BCUT2D eigenvalue weighted by atomic mass is 14.6. The highest BCUT2D eigenvalue weighted by Gasteiger charge is 1.97. The van der Waals surface area contributed by atoms with Crippen molar-refractivity contribution in [2.75, 3.05) is 0 Å². The molecule has 0 aliphatic rings. The van der Waals surface area contributed by atoms with Gasteiger partial charge in [-0.2, -0.15) is 0 Å². The summed E-state index contributed by atoms with van der Waals surface area (Å²) in [5.41, 5.74) is 2.48. The van der Waals surface area contributed by atoms with Crippen molar-refractivity contribution in [3.63, 3.8) is 0 Å². The number of benzene rings is 1. The lowest BCUT2D eigenvalue weighted by Gasteiger charge is -2.03. The van der Waals surface area contributed by atoms with E-state index >= 15 is 0 Å². The molecule has 0 aliphatic carbocycles. The summed E-state index contributed by atoms with van der Waals surface area (Å²) in [4.78, 5) is 4.29. The topological polar surface area (TPSA) is 12.9 Å². The Morgan fingerprint density at radius 2 is 1.83 bits per heavy atom. The zero-order valence-electron chi connectivity index (χ0n) is 11.3. The fourth-order valence-electron chi connectivity index (χ4n) is 2.33. The Hall–Kier alpha value is -1.37. The van der Waals surface area contributed by atoms with E-state index in [0.29, 0.717) is 0 Å². The van der Waals surface area contributed by atoms with E-state index in [1.165, 1.54) is 55.9 Å². The van der Waals surface area contributed by atoms with E-state index in [-0.39, 0.29) is 0 Å². The van der Waals surface area contributed by atoms with E-state index in [4.69, 9.17) is 0 Å². The summed E-state index contributed by atoms with van der Waals surface area (Å²) in [6, 6.07) is 10.5. The molecule has 0 N–H and O–H groups in total. The summed E-state index contributed by atoms with van der Waals surface area (Å²) in [5.74, 6) is 0. The molecule has 0 amide bonds. The first-order chi connectivity index (χ1) is 8.90. The second-order valence-electron chi connectivity index (χ2n) is 4.99. The molecule has 0 unspecified atom stereocenters. The van der Waals surface area contributed by atoms with Gasteiger partial charge < -0.3 is 0 Å². The molecule has 1 heterocycles. The maximum Gasteiger partial charge on any atom is 0.0894 e. The van der Waals surface area contributed by atoms with Crippen LogP contribution in [-0.4, -0.2) is 4.98 Å². The van der Waals surface area contributed by atoms with Gasteiger partial charge in [-0.25, -0.2) is 4.98 Å². The van der Waals surface area contributed by atoms with Crippen molar-refractivity contribution < 1.29 is 0 Å². The molecule has 1 heteroatoms. The summed E-state index contributed by atoms with van der Waals surface area (Å²) in [6.45, 7) is 2.26. The van der Waals surface area contributed by atoms with Crippen molar-refractivity contribution in [1.29, 1.82) is 0 Å². The Bertz CT molecular complexity index is 476. The van der Waals surface area contributed by atoms with Crippen molar-refractivity contribution >= 4 is 10.9 Å². The normalized spacial score (nSPS) is 10.9. The van der Waals surface area contributed by atoms with E-state index in [2.05, 4.69) is 42.4 Å². The monoisotopic (exact) mass is 240 g/mol. The van der Waals surface area contributed by atoms with Crippen molar-refractivity contribution in [1.82, 2.24) is 4.98 Å². The standard InChI is InChI=1S/C17H22N/c1-2-3-4-5-6-7-9-15-11-12-16-10-8-13-18-17(16)14-15/h8,10-12,14H,2-7,9H2,1H3. The van der Waals surface area contributed by atoms with Crippen LogP contribution in [0.3, 0.4) is 0 Å². The Balaban J connectivity index is 1.81. The fraction of sp³-hybridized carbons (Fsp3) is 0.471. The Kier molecular flexibility index (Phi) is 5.19. The minimum absolute atomic E-state index is 1.07. The van der Waals surface area contributed by atoms with Crippen LogP contribution in [0.1, 0.15) is 51.0 Å². The molecule has 0 saturated heterocycles. The molecule has 1 nitrogen and oxygen atoms in total. The predicted octanol–water partition coefficient (Wildman–Crippen LogP) is 4.94. The summed E-state index contributed by atoms with van der Waals surface area (Å²) in [5, 5.41) is 1.21. The largest absolute Gasteiger partial charge is 0.246 e. The number of hydrogen-bond donors (Lipinski definition) is 0. The molecule has 95 valence electrons. The first-order valence-corrected chi connectivity index (χ1v) is 7.16. The van der Waals surface area contributed by atoms with Gasteiger partial charge in [0, 0.05) is 5.39 Å². The van der Waals surface area contributed by atoms with Gasteiger partial charge in [0.2, 0.25) is 0 Å². The van der Waals surface area contributed by atoms with Crippen LogP contribution in [-0.2, 0) is 6.42 Å². The lowest BCUT2D eigenvalue weighted by atomic mass is 10.0. The van der Waals surface area contributed by atoms with Crippen molar-refractivity contribution in [3.05, 3.63) is 42.1 Å². The average molecular weight is 240 g/mol. The van der Waals surface area contributed by atoms with E-state index in [1.54, 1.807) is 0 Å². The Morgan fingerprint density at radius 1 is 1.00 bits per heavy atom. The molecule has 0 spiro atoms. The van der Waals surface area contributed by atoms with Crippen LogP contribution >= 0.6 is 0 Å². The van der Waals surface area contributed by atoms with Crippen LogP contribution in [0.5, 0.6) is 0 Å². The van der Waals surface area contributed by atoms with Crippen LogP contribution in [0.2, 0.25) is 0 Å². The highest BCUT2D eigenvalue weighted by Crippen LogP contribution is 2.15. The van der Waals surface area contributed by atoms with Crippen LogP contribution in [0.15, 0.2) is 30.3 Å². The molecule has 1 radical (unpaired) electrons. The van der Waals surface area contributed by atoms with Crippen molar-refractivity contribution in [3.8, 4) is 0 Å². The van der Waals surface area contributed by atoms with Crippen LogP contribution in [0, 0.1) is 6.20 Å². The second kappa shape index (κ2) is 7.15. The Morgan fingerprint density at radius 3 is 2.72 bits per heavy atom. The molecule has 2 aromatic rings. The Labute approximate surface area is 110 Å². The van der Waals surface area contributed by atoms with Gasteiger partial charge in [-0.1, -0.05) is 57.2 Å². The van der Waals surface area contributed by atoms with Gasteiger partial charge >= 0.3 is 0 Å². The minimum atomic E-state index is 1.07. The summed E-state index contributed by atoms with van der Waals surface area (Å²) in [7, 11) is 0. The molecule has 0 saturated carbocycles. The molecule has 18 heavy (non-hydrogen) atoms. The molecule has 0 bridgehead atoms. The van der Waals surface area contributed by atoms with Crippen molar-refractivity contribution in [2.45, 2.75) is 51.9 Å². The van der Waals surface area contributed by atoms with Gasteiger partial charge in [-0.05, 0) is 30.5 Å². The van der Waals surface area contributed by atoms with Gasteiger partial charge in [0.15, 0.2) is 0 Å². The van der Waals surface area contributed by atoms with Crippen LogP contribution in [0.25, 0.3) is 10.9 Å². The van der Waals surface area contributed by atoms with Crippen molar-refractivity contribution in [2.24, 2.45) is 0 Å². The molecule has 1 aromatic carbocycles. The first-order valence-electron chi connectivity index (χ1n) is 7.16. The number of nitrogens with zero attached hydrogens (tertiary/aromatic N) is 1. The zero-order valence-corrected chi connectivity index (χ0v) is 11.3. The van der Waals surface area contributed by atoms with Crippen LogP contribution < -0.4 is 0 Å². The molecule has 0 fully saturated rings. The first kappa shape index (κ1) is 13.1.